The molecule has 1 aliphatic carbocycles. The Bertz CT molecular complexity index is 460. The molecule has 0 heterocycles. The van der Waals surface area contributed by atoms with Crippen LogP contribution in [0.4, 0.5) is 0 Å². The highest BCUT2D eigenvalue weighted by Gasteiger charge is 2.19. The zero-order valence-electron chi connectivity index (χ0n) is 12.1. The van der Waals surface area contributed by atoms with Crippen LogP contribution in [0.2, 0.25) is 5.02 Å². The van der Waals surface area contributed by atoms with E-state index in [9.17, 15) is 0 Å². The van der Waals surface area contributed by atoms with Gasteiger partial charge in [0.25, 0.3) is 0 Å². The molecule has 0 bridgehead atoms. The van der Waals surface area contributed by atoms with Crippen molar-refractivity contribution >= 4 is 17.6 Å². The van der Waals surface area contributed by atoms with Gasteiger partial charge < -0.3 is 15.0 Å². The van der Waals surface area contributed by atoms with Crippen molar-refractivity contribution in [3.8, 4) is 5.75 Å². The average Bonchev–Trinajstić information content (AvgIpc) is 2.40. The number of hydrogen-bond donors (Lipinski definition) is 1. The summed E-state index contributed by atoms with van der Waals surface area (Å²) in [5, 5.41) is 4.10. The van der Waals surface area contributed by atoms with Crippen molar-refractivity contribution in [2.45, 2.75) is 25.3 Å². The molecule has 1 aromatic rings. The Kier molecular flexibility index (Phi) is 5.53. The van der Waals surface area contributed by atoms with Crippen LogP contribution in [-0.2, 0) is 0 Å². The fraction of sp³-hybridized carbons (Fsp3) is 0.533. The molecule has 20 heavy (non-hydrogen) atoms. The molecular weight excluding hydrogens is 274 g/mol. The molecular formula is C15H22ClN3O. The number of benzene rings is 1. The van der Waals surface area contributed by atoms with Crippen LogP contribution in [0.25, 0.3) is 0 Å². The molecule has 0 aliphatic heterocycles. The first kappa shape index (κ1) is 15.0. The predicted octanol–water partition coefficient (Wildman–Crippen LogP) is 2.78. The molecule has 1 fully saturated rings. The predicted molar refractivity (Wildman–Crippen MR) is 83.7 cm³/mol. The summed E-state index contributed by atoms with van der Waals surface area (Å²) in [7, 11) is 3.83. The van der Waals surface area contributed by atoms with Crippen LogP contribution >= 0.6 is 11.6 Å². The highest BCUT2D eigenvalue weighted by atomic mass is 35.5. The minimum Gasteiger partial charge on any atom is -0.490 e. The van der Waals surface area contributed by atoms with E-state index in [1.165, 1.54) is 19.3 Å². The Morgan fingerprint density at radius 1 is 1.45 bits per heavy atom. The number of ether oxygens (including phenoxy) is 1. The smallest absolute Gasteiger partial charge is 0.193 e. The van der Waals surface area contributed by atoms with Crippen molar-refractivity contribution in [2.75, 3.05) is 27.2 Å². The number of aliphatic imine (C=N–C) groups is 1. The third kappa shape index (κ3) is 4.04. The third-order valence-corrected chi connectivity index (χ3v) is 3.84. The van der Waals surface area contributed by atoms with E-state index in [-0.39, 0.29) is 0 Å². The van der Waals surface area contributed by atoms with Gasteiger partial charge in [0.05, 0.1) is 11.6 Å². The van der Waals surface area contributed by atoms with E-state index in [4.69, 9.17) is 16.3 Å². The van der Waals surface area contributed by atoms with Gasteiger partial charge in [-0.1, -0.05) is 23.7 Å². The summed E-state index contributed by atoms with van der Waals surface area (Å²) in [6.07, 6.45) is 3.79. The van der Waals surface area contributed by atoms with Crippen molar-refractivity contribution in [2.24, 2.45) is 4.99 Å². The Balaban J connectivity index is 1.76. The van der Waals surface area contributed by atoms with Gasteiger partial charge in [-0.15, -0.1) is 0 Å². The Morgan fingerprint density at radius 3 is 2.80 bits per heavy atom. The summed E-state index contributed by atoms with van der Waals surface area (Å²) in [4.78, 5) is 6.38. The molecule has 2 rings (SSSR count). The largest absolute Gasteiger partial charge is 0.490 e. The normalized spacial score (nSPS) is 15.7. The molecule has 5 heteroatoms. The van der Waals surface area contributed by atoms with E-state index in [2.05, 4.69) is 15.2 Å². The maximum absolute atomic E-state index is 6.05. The summed E-state index contributed by atoms with van der Waals surface area (Å²) >= 11 is 6.05. The van der Waals surface area contributed by atoms with E-state index in [0.717, 1.165) is 18.3 Å². The van der Waals surface area contributed by atoms with Crippen molar-refractivity contribution < 1.29 is 4.74 Å². The van der Waals surface area contributed by atoms with Crippen LogP contribution in [0.5, 0.6) is 5.75 Å². The van der Waals surface area contributed by atoms with Crippen molar-refractivity contribution in [1.82, 2.24) is 10.2 Å². The van der Waals surface area contributed by atoms with Gasteiger partial charge in [0.15, 0.2) is 5.96 Å². The van der Waals surface area contributed by atoms with Crippen molar-refractivity contribution in [3.05, 3.63) is 29.3 Å². The summed E-state index contributed by atoms with van der Waals surface area (Å²) in [6, 6.07) is 8.11. The first-order chi connectivity index (χ1) is 9.70. The summed E-state index contributed by atoms with van der Waals surface area (Å²) in [6.45, 7) is 1.34. The molecule has 0 atom stereocenters. The molecule has 0 aromatic heterocycles. The summed E-state index contributed by atoms with van der Waals surface area (Å²) < 4.78 is 5.69. The lowest BCUT2D eigenvalue weighted by Gasteiger charge is -2.31. The topological polar surface area (TPSA) is 36.9 Å². The van der Waals surface area contributed by atoms with Crippen LogP contribution in [-0.4, -0.2) is 44.1 Å². The van der Waals surface area contributed by atoms with Gasteiger partial charge in [0.1, 0.15) is 12.4 Å². The molecule has 4 nitrogen and oxygen atoms in total. The quantitative estimate of drug-likeness (QED) is 0.670. The fourth-order valence-electron chi connectivity index (χ4n) is 2.04. The lowest BCUT2D eigenvalue weighted by Crippen LogP contribution is -2.47. The second kappa shape index (κ2) is 7.39. The molecule has 110 valence electrons. The molecule has 1 aliphatic rings. The summed E-state index contributed by atoms with van der Waals surface area (Å²) in [5.41, 5.74) is 0. The monoisotopic (exact) mass is 295 g/mol. The number of para-hydroxylation sites is 1. The highest BCUT2D eigenvalue weighted by molar-refractivity contribution is 6.32. The number of nitrogens with zero attached hydrogens (tertiary/aromatic N) is 2. The molecule has 0 spiro atoms. The van der Waals surface area contributed by atoms with Gasteiger partial charge in [-0.05, 0) is 31.4 Å². The standard InChI is InChI=1S/C15H22ClN3O/c1-17-15(18-12-6-5-7-12)19(2)10-11-20-14-9-4-3-8-13(14)16/h3-4,8-9,12H,5-7,10-11H2,1-2H3,(H,17,18). The molecule has 1 aromatic carbocycles. The second-order valence-electron chi connectivity index (χ2n) is 5.02. The number of halogens is 1. The third-order valence-electron chi connectivity index (χ3n) is 3.53. The number of hydrogen-bond acceptors (Lipinski definition) is 2. The van der Waals surface area contributed by atoms with Crippen LogP contribution < -0.4 is 10.1 Å². The van der Waals surface area contributed by atoms with Gasteiger partial charge in [-0.3, -0.25) is 4.99 Å². The zero-order chi connectivity index (χ0) is 14.4. The van der Waals surface area contributed by atoms with Gasteiger partial charge in [-0.25, -0.2) is 0 Å². The molecule has 1 saturated carbocycles. The van der Waals surface area contributed by atoms with Crippen LogP contribution in [0.1, 0.15) is 19.3 Å². The first-order valence-corrected chi connectivity index (χ1v) is 7.40. The molecule has 0 radical (unpaired) electrons. The molecule has 0 amide bonds. The first-order valence-electron chi connectivity index (χ1n) is 7.02. The lowest BCUT2D eigenvalue weighted by molar-refractivity contribution is 0.277. The zero-order valence-corrected chi connectivity index (χ0v) is 12.9. The maximum Gasteiger partial charge on any atom is 0.193 e. The lowest BCUT2D eigenvalue weighted by atomic mass is 9.93. The second-order valence-corrected chi connectivity index (χ2v) is 5.43. The van der Waals surface area contributed by atoms with E-state index in [0.29, 0.717) is 17.7 Å². The van der Waals surface area contributed by atoms with E-state index in [1.54, 1.807) is 0 Å². The molecule has 1 N–H and O–H groups in total. The fourth-order valence-corrected chi connectivity index (χ4v) is 2.23. The van der Waals surface area contributed by atoms with Crippen molar-refractivity contribution in [3.63, 3.8) is 0 Å². The average molecular weight is 296 g/mol. The van der Waals surface area contributed by atoms with Gasteiger partial charge >= 0.3 is 0 Å². The number of nitrogens with one attached hydrogen (secondary N) is 1. The highest BCUT2D eigenvalue weighted by Crippen LogP contribution is 2.23. The summed E-state index contributed by atoms with van der Waals surface area (Å²) in [5.74, 6) is 1.65. The maximum atomic E-state index is 6.05. The molecule has 0 saturated heterocycles. The molecule has 0 unspecified atom stereocenters. The van der Waals surface area contributed by atoms with Gasteiger partial charge in [0, 0.05) is 20.1 Å². The Morgan fingerprint density at radius 2 is 2.20 bits per heavy atom. The van der Waals surface area contributed by atoms with Crippen LogP contribution in [0.3, 0.4) is 0 Å². The SMILES string of the molecule is CN=C(NC1CCC1)N(C)CCOc1ccccc1Cl. The Labute approximate surface area is 125 Å². The minimum absolute atomic E-state index is 0.575. The number of likely N-dealkylation sites (N-methyl/N-ethyl adjacent to an activating group) is 1. The van der Waals surface area contributed by atoms with Gasteiger partial charge in [0.2, 0.25) is 0 Å². The van der Waals surface area contributed by atoms with Crippen LogP contribution in [0.15, 0.2) is 29.3 Å². The Hall–Kier alpha value is -1.42. The van der Waals surface area contributed by atoms with E-state index < -0.39 is 0 Å². The van der Waals surface area contributed by atoms with Gasteiger partial charge in [-0.2, -0.15) is 0 Å². The minimum atomic E-state index is 0.575. The van der Waals surface area contributed by atoms with E-state index in [1.807, 2.05) is 38.4 Å². The number of rotatable bonds is 5. The number of guanidine groups is 1. The van der Waals surface area contributed by atoms with Crippen molar-refractivity contribution in [1.29, 1.82) is 0 Å². The van der Waals surface area contributed by atoms with Crippen LogP contribution in [0, 0.1) is 0 Å². The van der Waals surface area contributed by atoms with E-state index >= 15 is 0 Å².